The van der Waals surface area contributed by atoms with Gasteiger partial charge >= 0.3 is 12.1 Å². The molecule has 5 heteroatoms. The fourth-order valence-corrected chi connectivity index (χ4v) is 2.54. The lowest BCUT2D eigenvalue weighted by atomic mass is 10.00. The Kier molecular flexibility index (Phi) is 4.27. The van der Waals surface area contributed by atoms with Crippen molar-refractivity contribution in [3.8, 4) is 0 Å². The molecule has 0 aromatic heterocycles. The summed E-state index contributed by atoms with van der Waals surface area (Å²) in [5, 5.41) is 9.21. The van der Waals surface area contributed by atoms with Gasteiger partial charge in [0, 0.05) is 13.0 Å². The number of likely N-dealkylation sites (tertiary alicyclic amines) is 1. The Hall–Kier alpha value is -2.04. The lowest BCUT2D eigenvalue weighted by Gasteiger charge is -2.42. The van der Waals surface area contributed by atoms with E-state index in [1.54, 1.807) is 6.92 Å². The molecular weight excluding hydrogens is 258 g/mol. The Morgan fingerprint density at radius 2 is 2.00 bits per heavy atom. The molecule has 1 amide bonds. The minimum Gasteiger partial charge on any atom is -0.465 e. The van der Waals surface area contributed by atoms with Crippen molar-refractivity contribution in [1.29, 1.82) is 0 Å². The molecule has 0 aliphatic carbocycles. The summed E-state index contributed by atoms with van der Waals surface area (Å²) in [5.74, 6) is -0.396. The topological polar surface area (TPSA) is 66.8 Å². The molecule has 1 aliphatic rings. The second-order valence-corrected chi connectivity index (χ2v) is 5.20. The molecule has 0 saturated carbocycles. The van der Waals surface area contributed by atoms with Crippen molar-refractivity contribution in [2.75, 3.05) is 6.54 Å². The van der Waals surface area contributed by atoms with E-state index in [2.05, 4.69) is 0 Å². The minimum absolute atomic E-state index is 0.157. The number of carbonyl (C=O) groups excluding carboxylic acids is 1. The van der Waals surface area contributed by atoms with Crippen molar-refractivity contribution in [2.45, 2.75) is 38.3 Å². The minimum atomic E-state index is -1.05. The largest absolute Gasteiger partial charge is 0.465 e. The Morgan fingerprint density at radius 3 is 2.65 bits per heavy atom. The van der Waals surface area contributed by atoms with Gasteiger partial charge in [0.1, 0.15) is 0 Å². The second kappa shape index (κ2) is 5.94. The van der Waals surface area contributed by atoms with E-state index in [0.29, 0.717) is 13.0 Å². The van der Waals surface area contributed by atoms with Gasteiger partial charge in [-0.1, -0.05) is 30.3 Å². The van der Waals surface area contributed by atoms with Gasteiger partial charge in [-0.25, -0.2) is 4.79 Å². The molecule has 1 atom stereocenters. The van der Waals surface area contributed by atoms with Crippen molar-refractivity contribution < 1.29 is 19.4 Å². The fourth-order valence-electron chi connectivity index (χ4n) is 2.54. The van der Waals surface area contributed by atoms with Gasteiger partial charge in [0.2, 0.25) is 0 Å². The van der Waals surface area contributed by atoms with E-state index < -0.39 is 17.8 Å². The first-order valence-corrected chi connectivity index (χ1v) is 6.77. The van der Waals surface area contributed by atoms with Gasteiger partial charge in [0.25, 0.3) is 0 Å². The van der Waals surface area contributed by atoms with Gasteiger partial charge in [-0.15, -0.1) is 0 Å². The zero-order chi connectivity index (χ0) is 14.6. The first kappa shape index (κ1) is 14.4. The van der Waals surface area contributed by atoms with Gasteiger partial charge in [0.15, 0.2) is 5.72 Å². The van der Waals surface area contributed by atoms with Crippen LogP contribution in [0.15, 0.2) is 30.3 Å². The molecule has 1 aromatic rings. The molecule has 0 spiro atoms. The highest BCUT2D eigenvalue weighted by Gasteiger charge is 2.40. The normalized spacial score (nSPS) is 22.4. The van der Waals surface area contributed by atoms with Crippen LogP contribution in [0, 0.1) is 0 Å². The van der Waals surface area contributed by atoms with E-state index in [0.717, 1.165) is 18.4 Å². The first-order valence-electron chi connectivity index (χ1n) is 6.77. The molecule has 2 rings (SSSR count). The highest BCUT2D eigenvalue weighted by molar-refractivity contribution is 5.74. The van der Waals surface area contributed by atoms with E-state index in [1.807, 2.05) is 30.3 Å². The van der Waals surface area contributed by atoms with Crippen LogP contribution in [0.4, 0.5) is 4.79 Å². The van der Waals surface area contributed by atoms with E-state index in [9.17, 15) is 14.7 Å². The third-order valence-electron chi connectivity index (χ3n) is 3.60. The number of benzene rings is 1. The van der Waals surface area contributed by atoms with Crippen LogP contribution in [0.3, 0.4) is 0 Å². The number of carboxylic acid groups (broad SMARTS) is 1. The van der Waals surface area contributed by atoms with Gasteiger partial charge in [-0.2, -0.15) is 0 Å². The molecule has 1 aliphatic heterocycles. The summed E-state index contributed by atoms with van der Waals surface area (Å²) in [7, 11) is 0. The summed E-state index contributed by atoms with van der Waals surface area (Å²) in [6.45, 7) is 2.08. The van der Waals surface area contributed by atoms with Crippen LogP contribution in [0.2, 0.25) is 0 Å². The number of carbonyl (C=O) groups is 2. The molecule has 108 valence electrons. The number of nitrogens with zero attached hydrogens (tertiary/aromatic N) is 1. The third-order valence-corrected chi connectivity index (χ3v) is 3.60. The molecule has 0 bridgehead atoms. The Balaban J connectivity index is 2.03. The number of ether oxygens (including phenoxy) is 1. The van der Waals surface area contributed by atoms with Crippen molar-refractivity contribution >= 4 is 12.1 Å². The highest BCUT2D eigenvalue weighted by Crippen LogP contribution is 2.29. The maximum atomic E-state index is 12.0. The van der Waals surface area contributed by atoms with E-state index in [-0.39, 0.29) is 6.42 Å². The predicted octanol–water partition coefficient (Wildman–Crippen LogP) is 2.65. The maximum Gasteiger partial charge on any atom is 0.410 e. The highest BCUT2D eigenvalue weighted by atomic mass is 16.6. The van der Waals surface area contributed by atoms with E-state index in [4.69, 9.17) is 4.74 Å². The van der Waals surface area contributed by atoms with Crippen LogP contribution in [0.1, 0.15) is 31.7 Å². The zero-order valence-corrected chi connectivity index (χ0v) is 11.5. The predicted molar refractivity (Wildman–Crippen MR) is 73.2 cm³/mol. The number of rotatable bonds is 3. The molecule has 1 aromatic carbocycles. The van der Waals surface area contributed by atoms with Crippen LogP contribution >= 0.6 is 0 Å². The Bertz CT molecular complexity index is 488. The van der Waals surface area contributed by atoms with Gasteiger partial charge in [0.05, 0.1) is 6.42 Å². The lowest BCUT2D eigenvalue weighted by molar-refractivity contribution is -0.181. The van der Waals surface area contributed by atoms with Crippen molar-refractivity contribution in [2.24, 2.45) is 0 Å². The summed E-state index contributed by atoms with van der Waals surface area (Å²) in [4.78, 5) is 24.5. The van der Waals surface area contributed by atoms with Gasteiger partial charge in [-0.3, -0.25) is 9.69 Å². The van der Waals surface area contributed by atoms with E-state index in [1.165, 1.54) is 4.90 Å². The molecule has 1 N–H and O–H groups in total. The molecule has 1 saturated heterocycles. The average molecular weight is 277 g/mol. The molecule has 1 heterocycles. The maximum absolute atomic E-state index is 12.0. The molecule has 1 fully saturated rings. The van der Waals surface area contributed by atoms with Crippen LogP contribution in [-0.4, -0.2) is 34.3 Å². The fraction of sp³-hybridized carbons (Fsp3) is 0.467. The Morgan fingerprint density at radius 1 is 1.30 bits per heavy atom. The Labute approximate surface area is 118 Å². The number of amides is 1. The van der Waals surface area contributed by atoms with Crippen LogP contribution < -0.4 is 0 Å². The van der Waals surface area contributed by atoms with Crippen LogP contribution in [0.5, 0.6) is 0 Å². The van der Waals surface area contributed by atoms with Gasteiger partial charge < -0.3 is 9.84 Å². The first-order chi connectivity index (χ1) is 9.51. The number of esters is 1. The SMILES string of the molecule is CC1(OC(=O)Cc2ccccc2)CCCCN1C(=O)O. The molecule has 20 heavy (non-hydrogen) atoms. The average Bonchev–Trinajstić information content (AvgIpc) is 2.39. The molecule has 0 radical (unpaired) electrons. The summed E-state index contributed by atoms with van der Waals surface area (Å²) in [6, 6.07) is 9.28. The summed E-state index contributed by atoms with van der Waals surface area (Å²) >= 11 is 0. The van der Waals surface area contributed by atoms with Crippen molar-refractivity contribution in [1.82, 2.24) is 4.90 Å². The molecule has 5 nitrogen and oxygen atoms in total. The summed E-state index contributed by atoms with van der Waals surface area (Å²) in [6.07, 6.45) is 1.32. The second-order valence-electron chi connectivity index (χ2n) is 5.20. The number of hydrogen-bond acceptors (Lipinski definition) is 3. The third kappa shape index (κ3) is 3.29. The standard InChI is InChI=1S/C15H19NO4/c1-15(9-5-6-10-16(15)14(18)19)20-13(17)11-12-7-3-2-4-8-12/h2-4,7-8H,5-6,9-11H2,1H3,(H,18,19). The monoisotopic (exact) mass is 277 g/mol. The summed E-state index contributed by atoms with van der Waals surface area (Å²) < 4.78 is 5.46. The van der Waals surface area contributed by atoms with Crippen LogP contribution in [0.25, 0.3) is 0 Å². The van der Waals surface area contributed by atoms with Crippen molar-refractivity contribution in [3.63, 3.8) is 0 Å². The number of piperidine rings is 1. The quantitative estimate of drug-likeness (QED) is 0.862. The molecular formula is C15H19NO4. The smallest absolute Gasteiger partial charge is 0.410 e. The van der Waals surface area contributed by atoms with Crippen molar-refractivity contribution in [3.05, 3.63) is 35.9 Å². The zero-order valence-electron chi connectivity index (χ0n) is 11.5. The van der Waals surface area contributed by atoms with E-state index >= 15 is 0 Å². The van der Waals surface area contributed by atoms with Crippen LogP contribution in [-0.2, 0) is 16.0 Å². The summed E-state index contributed by atoms with van der Waals surface area (Å²) in [5.41, 5.74) is -0.186. The lowest BCUT2D eigenvalue weighted by Crippen LogP contribution is -2.54. The molecule has 1 unspecified atom stereocenters. The number of hydrogen-bond donors (Lipinski definition) is 1. The van der Waals surface area contributed by atoms with Gasteiger partial charge in [-0.05, 0) is 25.3 Å².